The molecule has 0 aliphatic carbocycles. The van der Waals surface area contributed by atoms with E-state index in [1.807, 2.05) is 31.2 Å². The van der Waals surface area contributed by atoms with E-state index in [-0.39, 0.29) is 5.91 Å². The van der Waals surface area contributed by atoms with E-state index >= 15 is 0 Å². The summed E-state index contributed by atoms with van der Waals surface area (Å²) in [7, 11) is 0. The highest BCUT2D eigenvalue weighted by Crippen LogP contribution is 2.14. The Kier molecular flexibility index (Phi) is 4.82. The van der Waals surface area contributed by atoms with Gasteiger partial charge in [-0.2, -0.15) is 0 Å². The van der Waals surface area contributed by atoms with Crippen molar-refractivity contribution < 1.29 is 9.53 Å². The molecule has 0 aliphatic heterocycles. The highest BCUT2D eigenvalue weighted by Gasteiger charge is 2.14. The minimum absolute atomic E-state index is 0.146. The van der Waals surface area contributed by atoms with Crippen LogP contribution in [0.4, 0.5) is 5.69 Å². The zero-order chi connectivity index (χ0) is 15.2. The number of nitrogen functional groups attached to an aromatic ring is 1. The van der Waals surface area contributed by atoms with Gasteiger partial charge in [0.05, 0.1) is 0 Å². The van der Waals surface area contributed by atoms with Gasteiger partial charge in [-0.1, -0.05) is 29.8 Å². The summed E-state index contributed by atoms with van der Waals surface area (Å²) < 4.78 is 5.57. The molecule has 2 aromatic rings. The van der Waals surface area contributed by atoms with E-state index in [4.69, 9.17) is 10.5 Å². The second-order valence-electron chi connectivity index (χ2n) is 5.03. The first-order valence-electron chi connectivity index (χ1n) is 6.90. The van der Waals surface area contributed by atoms with Gasteiger partial charge in [0.1, 0.15) is 5.75 Å². The Labute approximate surface area is 124 Å². The summed E-state index contributed by atoms with van der Waals surface area (Å²) in [4.78, 5) is 12.0. The minimum atomic E-state index is -0.556. The van der Waals surface area contributed by atoms with Crippen molar-refractivity contribution in [1.29, 1.82) is 0 Å². The SMILES string of the molecule is Cc1ccc(CNC(=O)C(C)Oc2ccc(N)cc2)cc1. The lowest BCUT2D eigenvalue weighted by Gasteiger charge is -2.15. The number of benzene rings is 2. The van der Waals surface area contributed by atoms with E-state index in [1.165, 1.54) is 5.56 Å². The maximum atomic E-state index is 12.0. The average Bonchev–Trinajstić information content (AvgIpc) is 2.48. The van der Waals surface area contributed by atoms with Gasteiger partial charge in [0.15, 0.2) is 6.10 Å². The van der Waals surface area contributed by atoms with Crippen molar-refractivity contribution in [2.24, 2.45) is 0 Å². The number of carbonyl (C=O) groups excluding carboxylic acids is 1. The van der Waals surface area contributed by atoms with Crippen LogP contribution in [0.1, 0.15) is 18.1 Å². The number of anilines is 1. The summed E-state index contributed by atoms with van der Waals surface area (Å²) in [6.45, 7) is 4.25. The molecule has 0 saturated carbocycles. The van der Waals surface area contributed by atoms with E-state index < -0.39 is 6.10 Å². The summed E-state index contributed by atoms with van der Waals surface area (Å²) in [5.74, 6) is 0.481. The van der Waals surface area contributed by atoms with Gasteiger partial charge in [0.2, 0.25) is 0 Å². The van der Waals surface area contributed by atoms with Crippen LogP contribution in [0.15, 0.2) is 48.5 Å². The molecular weight excluding hydrogens is 264 g/mol. The van der Waals surface area contributed by atoms with Crippen LogP contribution in [-0.4, -0.2) is 12.0 Å². The van der Waals surface area contributed by atoms with Crippen molar-refractivity contribution in [3.05, 3.63) is 59.7 Å². The predicted octanol–water partition coefficient (Wildman–Crippen LogP) is 2.66. The Hall–Kier alpha value is -2.49. The Morgan fingerprint density at radius 3 is 2.38 bits per heavy atom. The van der Waals surface area contributed by atoms with Gasteiger partial charge >= 0.3 is 0 Å². The molecule has 4 nitrogen and oxygen atoms in total. The number of carbonyl (C=O) groups is 1. The first-order valence-corrected chi connectivity index (χ1v) is 6.90. The second-order valence-corrected chi connectivity index (χ2v) is 5.03. The largest absolute Gasteiger partial charge is 0.481 e. The lowest BCUT2D eigenvalue weighted by atomic mass is 10.1. The molecule has 1 atom stereocenters. The molecule has 4 heteroatoms. The molecule has 0 aliphatic rings. The Balaban J connectivity index is 1.84. The molecule has 0 saturated heterocycles. The van der Waals surface area contributed by atoms with Gasteiger partial charge < -0.3 is 15.8 Å². The molecule has 2 aromatic carbocycles. The van der Waals surface area contributed by atoms with Gasteiger partial charge in [0, 0.05) is 12.2 Å². The van der Waals surface area contributed by atoms with Crippen molar-refractivity contribution in [2.75, 3.05) is 5.73 Å². The van der Waals surface area contributed by atoms with Gasteiger partial charge in [-0.3, -0.25) is 4.79 Å². The number of nitrogens with one attached hydrogen (secondary N) is 1. The number of nitrogens with two attached hydrogens (primary N) is 1. The molecule has 110 valence electrons. The molecule has 2 rings (SSSR count). The smallest absolute Gasteiger partial charge is 0.261 e. The van der Waals surface area contributed by atoms with Crippen LogP contribution < -0.4 is 15.8 Å². The highest BCUT2D eigenvalue weighted by molar-refractivity contribution is 5.80. The first kappa shape index (κ1) is 14.9. The van der Waals surface area contributed by atoms with E-state index in [0.29, 0.717) is 18.0 Å². The first-order chi connectivity index (χ1) is 10.0. The molecule has 0 radical (unpaired) electrons. The van der Waals surface area contributed by atoms with Gasteiger partial charge in [-0.15, -0.1) is 0 Å². The molecule has 0 heterocycles. The van der Waals surface area contributed by atoms with Crippen molar-refractivity contribution in [3.63, 3.8) is 0 Å². The van der Waals surface area contributed by atoms with Crippen LogP contribution >= 0.6 is 0 Å². The predicted molar refractivity (Wildman–Crippen MR) is 84.0 cm³/mol. The zero-order valence-corrected chi connectivity index (χ0v) is 12.3. The molecule has 0 bridgehead atoms. The summed E-state index contributed by atoms with van der Waals surface area (Å²) in [5, 5.41) is 2.86. The minimum Gasteiger partial charge on any atom is -0.481 e. The Morgan fingerprint density at radius 2 is 1.76 bits per heavy atom. The Morgan fingerprint density at radius 1 is 1.14 bits per heavy atom. The lowest BCUT2D eigenvalue weighted by molar-refractivity contribution is -0.127. The van der Waals surface area contributed by atoms with Crippen molar-refractivity contribution in [1.82, 2.24) is 5.32 Å². The molecule has 1 amide bonds. The second kappa shape index (κ2) is 6.79. The molecule has 0 aromatic heterocycles. The zero-order valence-electron chi connectivity index (χ0n) is 12.3. The average molecular weight is 284 g/mol. The topological polar surface area (TPSA) is 64.3 Å². The number of hydrogen-bond acceptors (Lipinski definition) is 3. The normalized spacial score (nSPS) is 11.7. The molecule has 3 N–H and O–H groups in total. The molecule has 0 fully saturated rings. The quantitative estimate of drug-likeness (QED) is 0.830. The van der Waals surface area contributed by atoms with Crippen LogP contribution in [0.3, 0.4) is 0 Å². The van der Waals surface area contributed by atoms with Gasteiger partial charge in [0.25, 0.3) is 5.91 Å². The fourth-order valence-electron chi connectivity index (χ4n) is 1.84. The van der Waals surface area contributed by atoms with Crippen molar-refractivity contribution in [3.8, 4) is 5.75 Å². The third-order valence-corrected chi connectivity index (χ3v) is 3.15. The van der Waals surface area contributed by atoms with Crippen LogP contribution in [0.2, 0.25) is 0 Å². The molecule has 0 spiro atoms. The number of hydrogen-bond donors (Lipinski definition) is 2. The van der Waals surface area contributed by atoms with Crippen LogP contribution in [-0.2, 0) is 11.3 Å². The van der Waals surface area contributed by atoms with Crippen molar-refractivity contribution >= 4 is 11.6 Å². The van der Waals surface area contributed by atoms with Gasteiger partial charge in [-0.05, 0) is 43.7 Å². The standard InChI is InChI=1S/C17H20N2O2/c1-12-3-5-14(6-4-12)11-19-17(20)13(2)21-16-9-7-15(18)8-10-16/h3-10,13H,11,18H2,1-2H3,(H,19,20). The van der Waals surface area contributed by atoms with Crippen LogP contribution in [0.5, 0.6) is 5.75 Å². The maximum absolute atomic E-state index is 12.0. The third-order valence-electron chi connectivity index (χ3n) is 3.15. The molecular formula is C17H20N2O2. The summed E-state index contributed by atoms with van der Waals surface area (Å²) in [5.41, 5.74) is 8.53. The lowest BCUT2D eigenvalue weighted by Crippen LogP contribution is -2.35. The van der Waals surface area contributed by atoms with Gasteiger partial charge in [-0.25, -0.2) is 0 Å². The van der Waals surface area contributed by atoms with Crippen LogP contribution in [0, 0.1) is 6.92 Å². The number of aryl methyl sites for hydroxylation is 1. The Bertz CT molecular complexity index is 591. The monoisotopic (exact) mass is 284 g/mol. The molecule has 21 heavy (non-hydrogen) atoms. The maximum Gasteiger partial charge on any atom is 0.261 e. The fraction of sp³-hybridized carbons (Fsp3) is 0.235. The third kappa shape index (κ3) is 4.53. The number of ether oxygens (including phenoxy) is 1. The summed E-state index contributed by atoms with van der Waals surface area (Å²) >= 11 is 0. The van der Waals surface area contributed by atoms with Crippen molar-refractivity contribution in [2.45, 2.75) is 26.5 Å². The molecule has 1 unspecified atom stereocenters. The fourth-order valence-corrected chi connectivity index (χ4v) is 1.84. The summed E-state index contributed by atoms with van der Waals surface area (Å²) in [6, 6.07) is 15.0. The van der Waals surface area contributed by atoms with E-state index in [0.717, 1.165) is 5.56 Å². The summed E-state index contributed by atoms with van der Waals surface area (Å²) in [6.07, 6.45) is -0.556. The highest BCUT2D eigenvalue weighted by atomic mass is 16.5. The number of rotatable bonds is 5. The number of amides is 1. The van der Waals surface area contributed by atoms with E-state index in [2.05, 4.69) is 5.32 Å². The van der Waals surface area contributed by atoms with Crippen LogP contribution in [0.25, 0.3) is 0 Å². The van der Waals surface area contributed by atoms with E-state index in [9.17, 15) is 4.79 Å². The van der Waals surface area contributed by atoms with E-state index in [1.54, 1.807) is 31.2 Å².